The number of thiocarbonyl (C=S) groups is 2. The van der Waals surface area contributed by atoms with Crippen molar-refractivity contribution in [2.45, 2.75) is 9.79 Å². The molecular weight excluding hydrogens is 490 g/mol. The van der Waals surface area contributed by atoms with Gasteiger partial charge in [-0.3, -0.25) is 0 Å². The number of benzene rings is 2. The molecule has 14 heteroatoms. The van der Waals surface area contributed by atoms with E-state index in [1.54, 1.807) is 0 Å². The van der Waals surface area contributed by atoms with Gasteiger partial charge in [0, 0.05) is 11.1 Å². The molecule has 0 saturated heterocycles. The zero-order valence-corrected chi connectivity index (χ0v) is 22.9. The van der Waals surface area contributed by atoms with E-state index in [1.807, 2.05) is 10.3 Å². The molecule has 2 aromatic rings. The molecule has 0 atom stereocenters. The maximum atomic E-state index is 11.6. The smallest absolute Gasteiger partial charge is 0.744 e. The van der Waals surface area contributed by atoms with Crippen molar-refractivity contribution in [2.75, 3.05) is 0 Å². The molecule has 2 rings (SSSR count). The van der Waals surface area contributed by atoms with E-state index in [1.165, 1.54) is 36.4 Å². The van der Waals surface area contributed by atoms with Crippen LogP contribution in [0, 0.1) is 0 Å². The van der Waals surface area contributed by atoms with Crippen LogP contribution in [0.1, 0.15) is 11.1 Å². The maximum Gasteiger partial charge on any atom is 1.00 e. The number of hydrogen-bond donors (Lipinski definition) is 0. The van der Waals surface area contributed by atoms with Gasteiger partial charge in [0.1, 0.15) is 31.6 Å². The van der Waals surface area contributed by atoms with Gasteiger partial charge in [-0.05, 0) is 36.6 Å². The van der Waals surface area contributed by atoms with E-state index in [9.17, 15) is 25.9 Å². The van der Waals surface area contributed by atoms with Crippen molar-refractivity contribution in [1.29, 1.82) is 0 Å². The van der Waals surface area contributed by atoms with E-state index in [0.29, 0.717) is 0 Å². The Bertz CT molecular complexity index is 1180. The average molecular weight is 498 g/mol. The molecule has 0 radical (unpaired) electrons. The monoisotopic (exact) mass is 498 g/mol. The summed E-state index contributed by atoms with van der Waals surface area (Å²) in [7, 11) is -9.88. The minimum absolute atomic E-state index is 0. The van der Waals surface area contributed by atoms with Crippen molar-refractivity contribution in [2.24, 2.45) is 9.98 Å². The molecule has 0 bridgehead atoms. The van der Waals surface area contributed by atoms with Crippen LogP contribution in [0.2, 0.25) is 0 Å². The van der Waals surface area contributed by atoms with E-state index < -0.39 is 30.0 Å². The Hall–Kier alpha value is -0.400. The second-order valence-corrected chi connectivity index (χ2v) is 8.07. The van der Waals surface area contributed by atoms with Crippen LogP contribution in [0.4, 0.5) is 0 Å². The first-order chi connectivity index (χ1) is 13.1. The molecule has 30 heavy (non-hydrogen) atoms. The van der Waals surface area contributed by atoms with Gasteiger partial charge in [-0.1, -0.05) is 36.4 Å². The summed E-state index contributed by atoms with van der Waals surface area (Å²) in [6, 6.07) is 10.00. The minimum atomic E-state index is -4.94. The third-order valence-electron chi connectivity index (χ3n) is 3.36. The molecule has 0 N–H and O–H groups in total. The van der Waals surface area contributed by atoms with Crippen molar-refractivity contribution >= 4 is 66.4 Å². The van der Waals surface area contributed by atoms with Crippen molar-refractivity contribution in [1.82, 2.24) is 0 Å². The van der Waals surface area contributed by atoms with Crippen LogP contribution >= 0.6 is 24.4 Å². The first-order valence-corrected chi connectivity index (χ1v) is 10.7. The predicted octanol–water partition coefficient (Wildman–Crippen LogP) is -3.47. The van der Waals surface area contributed by atoms with E-state index in [0.717, 1.165) is 12.1 Å². The van der Waals surface area contributed by atoms with Gasteiger partial charge < -0.3 is 9.11 Å². The Morgan fingerprint density at radius 2 is 1.00 bits per heavy atom. The third kappa shape index (κ3) is 7.33. The number of isothiocyanates is 2. The topological polar surface area (TPSA) is 139 Å². The number of nitrogens with zero attached hydrogens (tertiary/aromatic N) is 2. The number of hydrogen-bond acceptors (Lipinski definition) is 10. The summed E-state index contributed by atoms with van der Waals surface area (Å²) >= 11 is 9.16. The van der Waals surface area contributed by atoms with E-state index in [4.69, 9.17) is 0 Å². The molecule has 0 unspecified atom stereocenters. The Morgan fingerprint density at radius 1 is 0.700 bits per heavy atom. The van der Waals surface area contributed by atoms with Gasteiger partial charge in [0.05, 0.1) is 20.1 Å². The van der Waals surface area contributed by atoms with Gasteiger partial charge in [-0.15, -0.1) is 0 Å². The van der Waals surface area contributed by atoms with E-state index in [2.05, 4.69) is 34.4 Å². The molecule has 0 aliphatic rings. The summed E-state index contributed by atoms with van der Waals surface area (Å²) in [6.45, 7) is 0. The fraction of sp³-hybridized carbons (Fsp3) is 0. The normalized spacial score (nSPS) is 11.5. The van der Waals surface area contributed by atoms with E-state index >= 15 is 0 Å². The van der Waals surface area contributed by atoms with Gasteiger partial charge in [0.25, 0.3) is 0 Å². The Morgan fingerprint density at radius 3 is 1.27 bits per heavy atom. The van der Waals surface area contributed by atoms with Crippen molar-refractivity contribution in [3.05, 3.63) is 59.7 Å². The van der Waals surface area contributed by atoms with Crippen LogP contribution in [0.25, 0.3) is 11.4 Å². The van der Waals surface area contributed by atoms with Crippen LogP contribution in [0.15, 0.2) is 68.3 Å². The second-order valence-electron chi connectivity index (χ2n) is 5.00. The second kappa shape index (κ2) is 12.6. The third-order valence-corrected chi connectivity index (χ3v) is 5.33. The van der Waals surface area contributed by atoms with Gasteiger partial charge >= 0.3 is 59.1 Å². The molecule has 0 amide bonds. The minimum Gasteiger partial charge on any atom is -0.744 e. The first kappa shape index (κ1) is 29.6. The Balaban J connectivity index is 0.00000420. The molecular formula is C16H8N2Na2O6S4. The van der Waals surface area contributed by atoms with Crippen LogP contribution < -0.4 is 59.1 Å². The fourth-order valence-electron chi connectivity index (χ4n) is 2.33. The molecule has 0 aliphatic heterocycles. The summed E-state index contributed by atoms with van der Waals surface area (Å²) in [6.07, 6.45) is 0. The van der Waals surface area contributed by atoms with Crippen molar-refractivity contribution in [3.8, 4) is 0 Å². The SMILES string of the molecule is O=S(=O)([O-])c1ccccc1C(N=C=S)=C(N=C=S)c1ccccc1S(=O)(=O)[O-].[Na+].[Na+]. The zero-order chi connectivity index (χ0) is 20.9. The quantitative estimate of drug-likeness (QED) is 0.132. The standard InChI is InChI=1S/C16H10N2O6S4.2Na/c19-27(20,21)13-7-3-1-5-11(13)15(17-9-25)16(18-10-26)12-6-2-4-8-14(12)28(22,23)24;;/h1-8H,(H,19,20,21)(H,22,23,24);;/q;2*+1/p-2. The first-order valence-electron chi connectivity index (χ1n) is 7.12. The van der Waals surface area contributed by atoms with Gasteiger partial charge in [-0.2, -0.15) is 9.98 Å². The van der Waals surface area contributed by atoms with Crippen LogP contribution in [-0.2, 0) is 20.2 Å². The molecule has 0 aromatic heterocycles. The summed E-state index contributed by atoms with van der Waals surface area (Å²) in [5, 5.41) is 4.03. The largest absolute Gasteiger partial charge is 1.00 e. The van der Waals surface area contributed by atoms with E-state index in [-0.39, 0.29) is 81.6 Å². The molecule has 2 aromatic carbocycles. The van der Waals surface area contributed by atoms with Gasteiger partial charge in [-0.25, -0.2) is 16.8 Å². The molecule has 0 fully saturated rings. The summed E-state index contributed by atoms with van der Waals surface area (Å²) in [4.78, 5) is 6.19. The molecule has 0 aliphatic carbocycles. The summed E-state index contributed by atoms with van der Waals surface area (Å²) in [5.41, 5.74) is -1.09. The van der Waals surface area contributed by atoms with Crippen LogP contribution in [-0.4, -0.2) is 36.3 Å². The fourth-order valence-corrected chi connectivity index (χ4v) is 3.87. The predicted molar refractivity (Wildman–Crippen MR) is 106 cm³/mol. The Labute approximate surface area is 228 Å². The molecule has 8 nitrogen and oxygen atoms in total. The number of rotatable bonds is 6. The summed E-state index contributed by atoms with van der Waals surface area (Å²) < 4.78 is 69.8. The summed E-state index contributed by atoms with van der Waals surface area (Å²) in [5.74, 6) is 0. The van der Waals surface area contributed by atoms with Gasteiger partial charge in [0.2, 0.25) is 0 Å². The van der Waals surface area contributed by atoms with Gasteiger partial charge in [0.15, 0.2) is 0 Å². The average Bonchev–Trinajstić information content (AvgIpc) is 2.63. The van der Waals surface area contributed by atoms with Crippen LogP contribution in [0.5, 0.6) is 0 Å². The molecule has 144 valence electrons. The Kier molecular flexibility index (Phi) is 12.4. The van der Waals surface area contributed by atoms with Crippen molar-refractivity contribution in [3.63, 3.8) is 0 Å². The van der Waals surface area contributed by atoms with Crippen LogP contribution in [0.3, 0.4) is 0 Å². The number of aliphatic imine (C=N–C) groups is 2. The zero-order valence-electron chi connectivity index (χ0n) is 15.6. The molecule has 0 spiro atoms. The molecule has 0 heterocycles. The molecule has 0 saturated carbocycles. The van der Waals surface area contributed by atoms with Crippen molar-refractivity contribution < 1.29 is 85.1 Å². The maximum absolute atomic E-state index is 11.6.